The molecule has 0 bridgehead atoms. The normalized spacial score (nSPS) is 30.5. The maximum absolute atomic E-state index is 12.4. The first-order valence-corrected chi connectivity index (χ1v) is 15.0. The minimum atomic E-state index is -1.29. The third-order valence-corrected chi connectivity index (χ3v) is 7.68. The molecule has 0 amide bonds. The van der Waals surface area contributed by atoms with Crippen molar-refractivity contribution in [1.29, 1.82) is 0 Å². The number of fused-ring (bicyclic) bond motifs is 1. The number of para-hydroxylation sites is 1. The Bertz CT molecular complexity index is 1420. The predicted molar refractivity (Wildman–Crippen MR) is 158 cm³/mol. The quantitative estimate of drug-likeness (QED) is 0.297. The van der Waals surface area contributed by atoms with Crippen LogP contribution in [-0.4, -0.2) is 89.2 Å². The van der Waals surface area contributed by atoms with E-state index < -0.39 is 97.0 Å². The predicted octanol–water partition coefficient (Wildman–Crippen LogP) is 2.61. The third-order valence-electron chi connectivity index (χ3n) is 7.68. The summed E-state index contributed by atoms with van der Waals surface area (Å²) in [5.74, 6) is -4.15. The van der Waals surface area contributed by atoms with Crippen molar-refractivity contribution in [3.8, 4) is 0 Å². The molecule has 2 unspecified atom stereocenters. The van der Waals surface area contributed by atoms with Crippen molar-refractivity contribution in [1.82, 2.24) is 4.57 Å². The van der Waals surface area contributed by atoms with Crippen LogP contribution < -0.4 is 0 Å². The lowest BCUT2D eigenvalue weighted by molar-refractivity contribution is -0.259. The summed E-state index contributed by atoms with van der Waals surface area (Å²) < 4.78 is 47.8. The number of rotatable bonds is 8. The zero-order valence-corrected chi connectivity index (χ0v) is 27.3. The molecule has 47 heavy (non-hydrogen) atoms. The highest BCUT2D eigenvalue weighted by atomic mass is 16.7. The Balaban J connectivity index is 1.89. The van der Waals surface area contributed by atoms with Crippen LogP contribution in [0.2, 0.25) is 0 Å². The van der Waals surface area contributed by atoms with Gasteiger partial charge in [0.2, 0.25) is 0 Å². The minimum absolute atomic E-state index is 0.459. The molecule has 0 N–H and O–H groups in total. The summed E-state index contributed by atoms with van der Waals surface area (Å²) in [4.78, 5) is 73.2. The Labute approximate surface area is 270 Å². The molecular weight excluding hydrogens is 622 g/mol. The second kappa shape index (κ2) is 14.5. The number of carbonyl (C=O) groups is 6. The molecule has 256 valence electrons. The summed E-state index contributed by atoms with van der Waals surface area (Å²) in [6.45, 7) is 10.3. The van der Waals surface area contributed by atoms with Crippen LogP contribution in [0.4, 0.5) is 0 Å². The molecule has 0 aliphatic carbocycles. The Kier molecular flexibility index (Phi) is 10.9. The van der Waals surface area contributed by atoms with E-state index in [2.05, 4.69) is 0 Å². The molecule has 2 saturated heterocycles. The Morgan fingerprint density at radius 2 is 0.957 bits per heavy atom. The molecule has 1 aromatic carbocycles. The zero-order valence-electron chi connectivity index (χ0n) is 27.3. The number of esters is 6. The summed E-state index contributed by atoms with van der Waals surface area (Å²) in [6, 6.07) is 7.06. The molecule has 0 saturated carbocycles. The molecule has 0 spiro atoms. The van der Waals surface area contributed by atoms with Gasteiger partial charge in [-0.25, -0.2) is 0 Å². The van der Waals surface area contributed by atoms with Crippen molar-refractivity contribution in [2.45, 2.75) is 117 Å². The van der Waals surface area contributed by atoms with Crippen molar-refractivity contribution in [3.63, 3.8) is 0 Å². The number of benzene rings is 1. The van der Waals surface area contributed by atoms with Gasteiger partial charge >= 0.3 is 35.8 Å². The molecule has 15 heteroatoms. The number of hydrogen-bond donors (Lipinski definition) is 0. The van der Waals surface area contributed by atoms with Crippen LogP contribution in [0.3, 0.4) is 0 Å². The van der Waals surface area contributed by atoms with Crippen LogP contribution in [0, 0.1) is 0 Å². The molecule has 1 aromatic heterocycles. The van der Waals surface area contributed by atoms with Crippen LogP contribution in [0.15, 0.2) is 30.5 Å². The van der Waals surface area contributed by atoms with Crippen molar-refractivity contribution in [2.24, 2.45) is 0 Å². The average molecular weight is 662 g/mol. The fourth-order valence-electron chi connectivity index (χ4n) is 6.14. The van der Waals surface area contributed by atoms with E-state index in [4.69, 9.17) is 37.9 Å². The monoisotopic (exact) mass is 661 g/mol. The van der Waals surface area contributed by atoms with Gasteiger partial charge in [-0.3, -0.25) is 28.8 Å². The summed E-state index contributed by atoms with van der Waals surface area (Å²) in [5, 5.41) is 0.596. The average Bonchev–Trinajstić information content (AvgIpc) is 3.33. The molecular formula is C32H39NO14. The number of nitrogens with zero attached hydrogens (tertiary/aromatic N) is 1. The lowest BCUT2D eigenvalue weighted by Crippen LogP contribution is -2.58. The number of hydrogen-bond acceptors (Lipinski definition) is 14. The van der Waals surface area contributed by atoms with Crippen LogP contribution in [0.1, 0.15) is 73.3 Å². The van der Waals surface area contributed by atoms with Gasteiger partial charge in [-0.1, -0.05) is 18.2 Å². The molecule has 15 nitrogen and oxygen atoms in total. The molecule has 10 atom stereocenters. The SMILES string of the molecule is CC(=O)O[C@@H]1[C@H](OC(C)=O)[C@H](C)OC(c2cn(C3O[C@@H](C)[C@@H](OC(C)=O)[C@@H](OC(C)=O)[C@@H]3OC(C)=O)c3ccccc23)[C@H]1OC(C)=O. The maximum Gasteiger partial charge on any atom is 0.303 e. The van der Waals surface area contributed by atoms with Gasteiger partial charge < -0.3 is 42.5 Å². The van der Waals surface area contributed by atoms with Crippen molar-refractivity contribution in [3.05, 3.63) is 36.0 Å². The van der Waals surface area contributed by atoms with Crippen LogP contribution >= 0.6 is 0 Å². The smallest absolute Gasteiger partial charge is 0.303 e. The fourth-order valence-corrected chi connectivity index (χ4v) is 6.14. The molecule has 2 aliphatic rings. The summed E-state index contributed by atoms with van der Waals surface area (Å²) in [5.41, 5.74) is 1.01. The Morgan fingerprint density at radius 1 is 0.553 bits per heavy atom. The topological polar surface area (TPSA) is 181 Å². The van der Waals surface area contributed by atoms with Gasteiger partial charge in [-0.2, -0.15) is 0 Å². The first kappa shape index (κ1) is 35.4. The van der Waals surface area contributed by atoms with E-state index in [0.29, 0.717) is 16.5 Å². The molecule has 4 rings (SSSR count). The van der Waals surface area contributed by atoms with Crippen molar-refractivity contribution in [2.75, 3.05) is 0 Å². The summed E-state index contributed by atoms with van der Waals surface area (Å²) in [7, 11) is 0. The standard InChI is InChI=1S/C32H39NO14/c1-14-25(42-16(3)34)28(44-18(5)36)30(46-20(7)38)27(40-14)23-13-33(24-12-10-9-11-22(23)24)32-31(47-21(8)39)29(45-19(6)37)26(15(2)41-32)43-17(4)35/h9-15,25-32H,1-8H3/t14-,15-,25+,26+,27?,28+,29+,30+,31-,32?/m0/s1. The fraction of sp³-hybridized carbons (Fsp3) is 0.562. The van der Waals surface area contributed by atoms with E-state index in [0.717, 1.165) is 0 Å². The van der Waals surface area contributed by atoms with Gasteiger partial charge in [0.25, 0.3) is 0 Å². The van der Waals surface area contributed by atoms with E-state index in [-0.39, 0.29) is 0 Å². The van der Waals surface area contributed by atoms with Gasteiger partial charge in [0.1, 0.15) is 6.10 Å². The van der Waals surface area contributed by atoms with E-state index in [9.17, 15) is 28.8 Å². The van der Waals surface area contributed by atoms with Gasteiger partial charge in [0, 0.05) is 58.7 Å². The van der Waals surface area contributed by atoms with Crippen LogP contribution in [0.25, 0.3) is 10.9 Å². The summed E-state index contributed by atoms with van der Waals surface area (Å²) >= 11 is 0. The van der Waals surface area contributed by atoms with E-state index in [1.165, 1.54) is 41.5 Å². The molecule has 2 fully saturated rings. The number of carbonyl (C=O) groups excluding carboxylic acids is 6. The van der Waals surface area contributed by atoms with Gasteiger partial charge in [0.15, 0.2) is 42.9 Å². The van der Waals surface area contributed by atoms with E-state index in [1.54, 1.807) is 48.9 Å². The van der Waals surface area contributed by atoms with Gasteiger partial charge in [0.05, 0.1) is 17.7 Å². The highest BCUT2D eigenvalue weighted by Gasteiger charge is 2.53. The van der Waals surface area contributed by atoms with Crippen molar-refractivity contribution < 1.29 is 66.7 Å². The molecule has 2 aliphatic heterocycles. The third kappa shape index (κ3) is 7.91. The highest BCUT2D eigenvalue weighted by molar-refractivity contribution is 5.85. The second-order valence-corrected chi connectivity index (χ2v) is 11.4. The van der Waals surface area contributed by atoms with Gasteiger partial charge in [-0.15, -0.1) is 0 Å². The van der Waals surface area contributed by atoms with Gasteiger partial charge in [-0.05, 0) is 19.9 Å². The van der Waals surface area contributed by atoms with Crippen LogP contribution in [0.5, 0.6) is 0 Å². The lowest BCUT2D eigenvalue weighted by atomic mass is 9.90. The first-order valence-electron chi connectivity index (χ1n) is 15.0. The zero-order chi connectivity index (χ0) is 34.7. The largest absolute Gasteiger partial charge is 0.456 e. The van der Waals surface area contributed by atoms with E-state index in [1.807, 2.05) is 0 Å². The molecule has 0 radical (unpaired) electrons. The maximum atomic E-state index is 12.4. The Morgan fingerprint density at radius 3 is 1.47 bits per heavy atom. The number of aromatic nitrogens is 1. The molecule has 3 heterocycles. The van der Waals surface area contributed by atoms with Crippen LogP contribution in [-0.2, 0) is 66.7 Å². The Hall–Kier alpha value is -4.50. The number of ether oxygens (including phenoxy) is 8. The minimum Gasteiger partial charge on any atom is -0.456 e. The molecule has 2 aromatic rings. The summed E-state index contributed by atoms with van der Waals surface area (Å²) in [6.07, 6.45) is -9.52. The second-order valence-electron chi connectivity index (χ2n) is 11.4. The van der Waals surface area contributed by atoms with Crippen molar-refractivity contribution >= 4 is 46.7 Å². The van der Waals surface area contributed by atoms with E-state index >= 15 is 0 Å². The highest BCUT2D eigenvalue weighted by Crippen LogP contribution is 2.43. The first-order chi connectivity index (χ1) is 22.1. The lowest BCUT2D eigenvalue weighted by Gasteiger charge is -2.44.